The third-order valence-corrected chi connectivity index (χ3v) is 8.04. The minimum atomic E-state index is -1.10. The van der Waals surface area contributed by atoms with Gasteiger partial charge in [-0.3, -0.25) is 4.79 Å². The van der Waals surface area contributed by atoms with Crippen LogP contribution in [0.4, 0.5) is 11.8 Å². The van der Waals surface area contributed by atoms with Crippen LogP contribution in [0.2, 0.25) is 0 Å². The maximum atomic E-state index is 12.1. The number of nitrogens with zero attached hydrogens (tertiary/aromatic N) is 4. The van der Waals surface area contributed by atoms with Crippen LogP contribution in [0.25, 0.3) is 11.2 Å². The fraction of sp³-hybridized carbons (Fsp3) is 0.400. The Morgan fingerprint density at radius 1 is 1.05 bits per heavy atom. The molecule has 0 spiro atoms. The smallest absolute Gasteiger partial charge is 0.227 e. The largest absolute Gasteiger partial charge is 0.388 e. The van der Waals surface area contributed by atoms with Gasteiger partial charge in [0.15, 0.2) is 17.0 Å². The van der Waals surface area contributed by atoms with E-state index >= 15 is 0 Å². The molecule has 2 aromatic carbocycles. The first-order valence-corrected chi connectivity index (χ1v) is 14.3. The van der Waals surface area contributed by atoms with E-state index in [0.29, 0.717) is 35.8 Å². The van der Waals surface area contributed by atoms with Crippen LogP contribution in [0.3, 0.4) is 0 Å². The van der Waals surface area contributed by atoms with Crippen molar-refractivity contribution in [2.45, 2.75) is 62.6 Å². The molecule has 214 valence electrons. The van der Waals surface area contributed by atoms with Gasteiger partial charge >= 0.3 is 0 Å². The molecule has 11 nitrogen and oxygen atoms in total. The quantitative estimate of drug-likeness (QED) is 0.183. The van der Waals surface area contributed by atoms with E-state index in [-0.39, 0.29) is 18.0 Å². The van der Waals surface area contributed by atoms with Crippen LogP contribution in [0.15, 0.2) is 67.0 Å². The lowest BCUT2D eigenvalue weighted by molar-refractivity contribution is -0.122. The summed E-state index contributed by atoms with van der Waals surface area (Å²) in [5.74, 6) is 0.846. The van der Waals surface area contributed by atoms with Gasteiger partial charge in [-0.1, -0.05) is 67.6 Å². The average Bonchev–Trinajstić information content (AvgIpc) is 3.73. The molecular formula is C30H36N8O3. The highest BCUT2D eigenvalue weighted by Crippen LogP contribution is 2.36. The van der Waals surface area contributed by atoms with Crippen molar-refractivity contribution in [3.8, 4) is 0 Å². The third-order valence-electron chi connectivity index (χ3n) is 8.04. The summed E-state index contributed by atoms with van der Waals surface area (Å²) in [6.07, 6.45) is 1.03. The summed E-state index contributed by atoms with van der Waals surface area (Å²) < 4.78 is 1.80. The Hall–Kier alpha value is -4.06. The molecule has 6 rings (SSSR count). The zero-order valence-corrected chi connectivity index (χ0v) is 22.9. The molecule has 2 fully saturated rings. The highest BCUT2D eigenvalue weighted by Gasteiger charge is 2.43. The number of hydrogen-bond donors (Lipinski definition) is 6. The van der Waals surface area contributed by atoms with Crippen molar-refractivity contribution >= 4 is 28.8 Å². The SMILES string of the molecule is CCC(=O)N[C@H]1C[C@@H](n2cnc3c(NC(c4ccccc4)c4ccccc4)nc(N[C@@H]4CCNC4)nc32)[C@H](O)[C@@H]1O. The van der Waals surface area contributed by atoms with Crippen LogP contribution in [0.1, 0.15) is 49.4 Å². The first kappa shape index (κ1) is 27.1. The van der Waals surface area contributed by atoms with Gasteiger partial charge in [-0.2, -0.15) is 9.97 Å². The minimum Gasteiger partial charge on any atom is -0.388 e. The van der Waals surface area contributed by atoms with Crippen LogP contribution < -0.4 is 21.3 Å². The van der Waals surface area contributed by atoms with Crippen LogP contribution >= 0.6 is 0 Å². The van der Waals surface area contributed by atoms with Gasteiger partial charge in [0, 0.05) is 19.0 Å². The zero-order chi connectivity index (χ0) is 28.3. The Morgan fingerprint density at radius 2 is 1.76 bits per heavy atom. The van der Waals surface area contributed by atoms with Crippen molar-refractivity contribution in [3.63, 3.8) is 0 Å². The number of amides is 1. The van der Waals surface area contributed by atoms with E-state index in [2.05, 4.69) is 45.5 Å². The van der Waals surface area contributed by atoms with Crippen LogP contribution in [0.5, 0.6) is 0 Å². The number of rotatable bonds is 9. The van der Waals surface area contributed by atoms with Gasteiger partial charge in [-0.25, -0.2) is 4.98 Å². The molecule has 4 aromatic rings. The van der Waals surface area contributed by atoms with Crippen LogP contribution in [-0.2, 0) is 4.79 Å². The second-order valence-electron chi connectivity index (χ2n) is 10.8. The van der Waals surface area contributed by atoms with E-state index in [1.807, 2.05) is 36.4 Å². The summed E-state index contributed by atoms with van der Waals surface area (Å²) >= 11 is 0. The number of nitrogens with one attached hydrogen (secondary N) is 4. The van der Waals surface area contributed by atoms with Crippen molar-refractivity contribution in [1.82, 2.24) is 30.2 Å². The molecule has 1 amide bonds. The van der Waals surface area contributed by atoms with Crippen molar-refractivity contribution < 1.29 is 15.0 Å². The Labute approximate surface area is 238 Å². The Morgan fingerprint density at radius 3 is 2.39 bits per heavy atom. The van der Waals surface area contributed by atoms with Gasteiger partial charge in [0.05, 0.1) is 24.5 Å². The number of aromatic nitrogens is 4. The Bertz CT molecular complexity index is 1440. The first-order valence-electron chi connectivity index (χ1n) is 14.3. The number of hydrogen-bond acceptors (Lipinski definition) is 9. The highest BCUT2D eigenvalue weighted by molar-refractivity contribution is 5.85. The van der Waals surface area contributed by atoms with Crippen molar-refractivity contribution in [3.05, 3.63) is 78.1 Å². The number of aliphatic hydroxyl groups is 2. The lowest BCUT2D eigenvalue weighted by Crippen LogP contribution is -2.42. The number of imidazole rings is 1. The predicted molar refractivity (Wildman–Crippen MR) is 156 cm³/mol. The summed E-state index contributed by atoms with van der Waals surface area (Å²) in [7, 11) is 0. The third kappa shape index (κ3) is 5.61. The molecule has 0 unspecified atom stereocenters. The molecule has 11 heteroatoms. The summed E-state index contributed by atoms with van der Waals surface area (Å²) in [6.45, 7) is 3.49. The number of benzene rings is 2. The molecule has 1 saturated carbocycles. The molecule has 41 heavy (non-hydrogen) atoms. The average molecular weight is 557 g/mol. The molecule has 2 aliphatic rings. The molecule has 0 radical (unpaired) electrons. The number of fused-ring (bicyclic) bond motifs is 1. The van der Waals surface area contributed by atoms with Crippen LogP contribution in [0, 0.1) is 0 Å². The number of aliphatic hydroxyl groups excluding tert-OH is 2. The lowest BCUT2D eigenvalue weighted by Gasteiger charge is -2.22. The van der Waals surface area contributed by atoms with E-state index < -0.39 is 24.3 Å². The number of carbonyl (C=O) groups is 1. The zero-order valence-electron chi connectivity index (χ0n) is 22.9. The van der Waals surface area contributed by atoms with Crippen LogP contribution in [-0.4, -0.2) is 73.0 Å². The molecule has 1 aliphatic carbocycles. The predicted octanol–water partition coefficient (Wildman–Crippen LogP) is 2.36. The van der Waals surface area contributed by atoms with Gasteiger partial charge in [-0.15, -0.1) is 0 Å². The molecule has 6 N–H and O–H groups in total. The van der Waals surface area contributed by atoms with E-state index in [4.69, 9.17) is 15.0 Å². The van der Waals surface area contributed by atoms with Crippen molar-refractivity contribution in [2.24, 2.45) is 0 Å². The molecule has 1 aliphatic heterocycles. The Balaban J connectivity index is 1.41. The van der Waals surface area contributed by atoms with Crippen molar-refractivity contribution in [1.29, 1.82) is 0 Å². The van der Waals surface area contributed by atoms with E-state index in [1.54, 1.807) is 17.8 Å². The van der Waals surface area contributed by atoms with Gasteiger partial charge in [0.1, 0.15) is 12.2 Å². The summed E-state index contributed by atoms with van der Waals surface area (Å²) in [5, 5.41) is 35.1. The number of carbonyl (C=O) groups excluding carboxylic acids is 1. The monoisotopic (exact) mass is 556 g/mol. The fourth-order valence-corrected chi connectivity index (χ4v) is 5.81. The first-order chi connectivity index (χ1) is 20.0. The standard InChI is InChI=1S/C30H36N8O3/c1-2-23(39)34-21-15-22(27(41)26(21)40)38-17-32-25-28(36-30(37-29(25)38)33-20-13-14-31-16-20)35-24(18-9-5-3-6-10-18)19-11-7-4-8-12-19/h3-12,17,20-22,24,26-27,31,40-41H,2,13-16H2,1H3,(H,34,39)(H2,33,35,36,37)/t20-,21+,22-,26-,27+/m1/s1. The Kier molecular flexibility index (Phi) is 7.82. The topological polar surface area (TPSA) is 149 Å². The van der Waals surface area contributed by atoms with E-state index in [9.17, 15) is 15.0 Å². The second-order valence-corrected chi connectivity index (χ2v) is 10.8. The molecule has 2 aromatic heterocycles. The van der Waals surface area contributed by atoms with Gasteiger partial charge in [0.25, 0.3) is 0 Å². The summed E-state index contributed by atoms with van der Waals surface area (Å²) in [4.78, 5) is 26.5. The van der Waals surface area contributed by atoms with Gasteiger partial charge < -0.3 is 36.0 Å². The van der Waals surface area contributed by atoms with Crippen molar-refractivity contribution in [2.75, 3.05) is 23.7 Å². The van der Waals surface area contributed by atoms with E-state index in [1.165, 1.54) is 0 Å². The van der Waals surface area contributed by atoms with Gasteiger partial charge in [0.2, 0.25) is 11.9 Å². The molecule has 1 saturated heterocycles. The van der Waals surface area contributed by atoms with Gasteiger partial charge in [-0.05, 0) is 30.5 Å². The maximum absolute atomic E-state index is 12.1. The minimum absolute atomic E-state index is 0.171. The normalized spacial score (nSPS) is 24.1. The van der Waals surface area contributed by atoms with E-state index in [0.717, 1.165) is 30.6 Å². The molecular weight excluding hydrogens is 520 g/mol. The molecule has 5 atom stereocenters. The second kappa shape index (κ2) is 11.8. The number of anilines is 2. The summed E-state index contributed by atoms with van der Waals surface area (Å²) in [6, 6.07) is 19.2. The highest BCUT2D eigenvalue weighted by atomic mass is 16.3. The molecule has 0 bridgehead atoms. The summed E-state index contributed by atoms with van der Waals surface area (Å²) in [5.41, 5.74) is 3.24. The maximum Gasteiger partial charge on any atom is 0.227 e. The molecule has 3 heterocycles. The fourth-order valence-electron chi connectivity index (χ4n) is 5.81. The lowest BCUT2D eigenvalue weighted by atomic mass is 9.99.